The quantitative estimate of drug-likeness (QED) is 0.354. The summed E-state index contributed by atoms with van der Waals surface area (Å²) < 4.78 is 18.9. The Morgan fingerprint density at radius 2 is 1.97 bits per heavy atom. The molecule has 6 nitrogen and oxygen atoms in total. The number of aromatic nitrogens is 2. The fraction of sp³-hybridized carbons (Fsp3) is 0.174. The van der Waals surface area contributed by atoms with E-state index in [4.69, 9.17) is 4.74 Å². The lowest BCUT2D eigenvalue weighted by molar-refractivity contribution is -0.136. The summed E-state index contributed by atoms with van der Waals surface area (Å²) in [7, 11) is 1.27. The third kappa shape index (κ3) is 4.25. The van der Waals surface area contributed by atoms with Crippen LogP contribution in [0.3, 0.4) is 0 Å². The maximum Gasteiger partial charge on any atom is 0.336 e. The van der Waals surface area contributed by atoms with Gasteiger partial charge in [0.25, 0.3) is 5.56 Å². The molecule has 8 heteroatoms. The van der Waals surface area contributed by atoms with E-state index >= 15 is 0 Å². The van der Waals surface area contributed by atoms with Gasteiger partial charge in [0.1, 0.15) is 11.6 Å². The summed E-state index contributed by atoms with van der Waals surface area (Å²) >= 11 is 1.40. The number of hydrogen-bond acceptors (Lipinski definition) is 6. The molecule has 1 aliphatic heterocycles. The predicted octanol–water partition coefficient (Wildman–Crippen LogP) is 4.21. The SMILES string of the molecule is COC(=O)C1=C(C)Nc2nc(SCc3ccccc3)[nH]c(=O)c2[C@H]1c1cccc(F)c1. The number of carbonyl (C=O) groups excluding carboxylic acids is 1. The first-order chi connectivity index (χ1) is 15.0. The fourth-order valence-corrected chi connectivity index (χ4v) is 4.44. The number of anilines is 1. The molecule has 1 aromatic heterocycles. The van der Waals surface area contributed by atoms with Crippen molar-refractivity contribution < 1.29 is 13.9 Å². The van der Waals surface area contributed by atoms with Crippen molar-refractivity contribution in [2.24, 2.45) is 0 Å². The molecule has 158 valence electrons. The van der Waals surface area contributed by atoms with Crippen molar-refractivity contribution in [3.63, 3.8) is 0 Å². The van der Waals surface area contributed by atoms with E-state index in [0.29, 0.717) is 28.0 Å². The molecule has 0 saturated carbocycles. The third-order valence-corrected chi connectivity index (χ3v) is 5.97. The summed E-state index contributed by atoms with van der Waals surface area (Å²) in [6.07, 6.45) is 0. The first-order valence-corrected chi connectivity index (χ1v) is 10.6. The highest BCUT2D eigenvalue weighted by atomic mass is 32.2. The van der Waals surface area contributed by atoms with Gasteiger partial charge < -0.3 is 15.0 Å². The van der Waals surface area contributed by atoms with Crippen molar-refractivity contribution in [2.75, 3.05) is 12.4 Å². The van der Waals surface area contributed by atoms with Crippen LogP contribution in [0.2, 0.25) is 0 Å². The Kier molecular flexibility index (Phi) is 5.90. The number of esters is 1. The number of aromatic amines is 1. The first-order valence-electron chi connectivity index (χ1n) is 9.60. The Balaban J connectivity index is 1.78. The second-order valence-electron chi connectivity index (χ2n) is 7.05. The van der Waals surface area contributed by atoms with Crippen molar-refractivity contribution in [1.82, 2.24) is 9.97 Å². The summed E-state index contributed by atoms with van der Waals surface area (Å²) in [5.74, 6) is -0.869. The van der Waals surface area contributed by atoms with Gasteiger partial charge in [-0.25, -0.2) is 14.2 Å². The van der Waals surface area contributed by atoms with Gasteiger partial charge in [-0.1, -0.05) is 54.2 Å². The molecule has 1 atom stereocenters. The van der Waals surface area contributed by atoms with Gasteiger partial charge in [0, 0.05) is 11.4 Å². The number of ether oxygens (including phenoxy) is 1. The number of hydrogen-bond donors (Lipinski definition) is 2. The van der Waals surface area contributed by atoms with Crippen molar-refractivity contribution in [3.05, 3.63) is 98.7 Å². The number of benzene rings is 2. The van der Waals surface area contributed by atoms with Crippen molar-refractivity contribution in [2.45, 2.75) is 23.8 Å². The Morgan fingerprint density at radius 3 is 2.68 bits per heavy atom. The molecule has 3 aromatic rings. The second-order valence-corrected chi connectivity index (χ2v) is 8.01. The maximum absolute atomic E-state index is 14.0. The van der Waals surface area contributed by atoms with Gasteiger partial charge in [0.05, 0.1) is 24.2 Å². The molecular formula is C23H20FN3O3S. The van der Waals surface area contributed by atoms with Crippen LogP contribution >= 0.6 is 11.8 Å². The van der Waals surface area contributed by atoms with Crippen LogP contribution in [0.1, 0.15) is 29.5 Å². The number of carbonyl (C=O) groups is 1. The van der Waals surface area contributed by atoms with Gasteiger partial charge in [0.2, 0.25) is 0 Å². The first kappa shape index (κ1) is 20.9. The normalized spacial score (nSPS) is 15.3. The minimum Gasteiger partial charge on any atom is -0.466 e. The van der Waals surface area contributed by atoms with Crippen LogP contribution in [0.15, 0.2) is 75.8 Å². The molecule has 31 heavy (non-hydrogen) atoms. The molecule has 2 aromatic carbocycles. The largest absolute Gasteiger partial charge is 0.466 e. The monoisotopic (exact) mass is 437 g/mol. The fourth-order valence-electron chi connectivity index (χ4n) is 3.63. The number of thioether (sulfide) groups is 1. The van der Waals surface area contributed by atoms with Gasteiger partial charge in [-0.05, 0) is 30.2 Å². The highest BCUT2D eigenvalue weighted by Gasteiger charge is 2.36. The summed E-state index contributed by atoms with van der Waals surface area (Å²) in [5.41, 5.74) is 2.18. The number of halogens is 1. The molecule has 4 rings (SSSR count). The molecule has 0 amide bonds. The summed E-state index contributed by atoms with van der Waals surface area (Å²) in [6.45, 7) is 1.71. The van der Waals surface area contributed by atoms with Gasteiger partial charge >= 0.3 is 5.97 Å². The zero-order chi connectivity index (χ0) is 22.0. The molecule has 0 fully saturated rings. The van der Waals surface area contributed by atoms with E-state index in [1.54, 1.807) is 19.1 Å². The minimum absolute atomic E-state index is 0.248. The van der Waals surface area contributed by atoms with Crippen molar-refractivity contribution in [1.29, 1.82) is 0 Å². The lowest BCUT2D eigenvalue weighted by Gasteiger charge is -2.28. The smallest absolute Gasteiger partial charge is 0.336 e. The number of nitrogens with one attached hydrogen (secondary N) is 2. The Bertz CT molecular complexity index is 1220. The molecule has 2 heterocycles. The predicted molar refractivity (Wildman–Crippen MR) is 117 cm³/mol. The molecule has 2 N–H and O–H groups in total. The molecule has 1 aliphatic rings. The molecule has 0 radical (unpaired) electrons. The van der Waals surface area contributed by atoms with Gasteiger partial charge in [-0.2, -0.15) is 0 Å². The Morgan fingerprint density at radius 1 is 1.19 bits per heavy atom. The van der Waals surface area contributed by atoms with Crippen LogP contribution in [-0.2, 0) is 15.3 Å². The third-order valence-electron chi connectivity index (χ3n) is 5.03. The Labute approximate surface area is 182 Å². The topological polar surface area (TPSA) is 84.1 Å². The molecule has 0 saturated heterocycles. The number of fused-ring (bicyclic) bond motifs is 1. The number of nitrogens with zero attached hydrogens (tertiary/aromatic N) is 1. The van der Waals surface area contributed by atoms with E-state index in [1.165, 1.54) is 31.0 Å². The van der Waals surface area contributed by atoms with Crippen molar-refractivity contribution in [3.8, 4) is 0 Å². The van der Waals surface area contributed by atoms with Crippen LogP contribution in [0.25, 0.3) is 0 Å². The zero-order valence-corrected chi connectivity index (χ0v) is 17.8. The molecule has 0 aliphatic carbocycles. The number of H-pyrrole nitrogens is 1. The standard InChI is InChI=1S/C23H20FN3O3S/c1-13-17(22(29)30-2)18(15-9-6-10-16(24)11-15)19-20(25-13)26-23(27-21(19)28)31-12-14-7-4-3-5-8-14/h3-11,18H,12H2,1-2H3,(H2,25,26,27,28)/t18-/m0/s1. The Hall–Kier alpha value is -3.39. The zero-order valence-electron chi connectivity index (χ0n) is 16.9. The lowest BCUT2D eigenvalue weighted by atomic mass is 9.82. The van der Waals surface area contributed by atoms with E-state index in [1.807, 2.05) is 30.3 Å². The van der Waals surface area contributed by atoms with E-state index in [2.05, 4.69) is 15.3 Å². The van der Waals surface area contributed by atoms with Crippen LogP contribution in [0, 0.1) is 5.82 Å². The minimum atomic E-state index is -0.802. The van der Waals surface area contributed by atoms with Crippen LogP contribution in [0.5, 0.6) is 0 Å². The van der Waals surface area contributed by atoms with Gasteiger partial charge in [-0.3, -0.25) is 4.79 Å². The molecule has 0 unspecified atom stereocenters. The molecule has 0 spiro atoms. The average Bonchev–Trinajstić information content (AvgIpc) is 2.77. The lowest BCUT2D eigenvalue weighted by Crippen LogP contribution is -2.31. The second kappa shape index (κ2) is 8.77. The van der Waals surface area contributed by atoms with Gasteiger partial charge in [0.15, 0.2) is 5.16 Å². The summed E-state index contributed by atoms with van der Waals surface area (Å²) in [4.78, 5) is 33.0. The van der Waals surface area contributed by atoms with Crippen LogP contribution < -0.4 is 10.9 Å². The highest BCUT2D eigenvalue weighted by Crippen LogP contribution is 2.40. The average molecular weight is 437 g/mol. The van der Waals surface area contributed by atoms with E-state index in [-0.39, 0.29) is 11.1 Å². The number of methoxy groups -OCH3 is 1. The van der Waals surface area contributed by atoms with E-state index < -0.39 is 23.3 Å². The van der Waals surface area contributed by atoms with Crippen LogP contribution in [0.4, 0.5) is 10.2 Å². The van der Waals surface area contributed by atoms with E-state index in [9.17, 15) is 14.0 Å². The van der Waals surface area contributed by atoms with E-state index in [0.717, 1.165) is 5.56 Å². The van der Waals surface area contributed by atoms with Crippen LogP contribution in [-0.4, -0.2) is 23.0 Å². The number of rotatable bonds is 5. The van der Waals surface area contributed by atoms with Gasteiger partial charge in [-0.15, -0.1) is 0 Å². The highest BCUT2D eigenvalue weighted by molar-refractivity contribution is 7.98. The number of allylic oxidation sites excluding steroid dienone is 1. The molecular weight excluding hydrogens is 417 g/mol. The summed E-state index contributed by atoms with van der Waals surface area (Å²) in [6, 6.07) is 15.7. The maximum atomic E-state index is 14.0. The summed E-state index contributed by atoms with van der Waals surface area (Å²) in [5, 5.41) is 3.51. The molecule has 0 bridgehead atoms. The van der Waals surface area contributed by atoms with Crippen molar-refractivity contribution >= 4 is 23.5 Å².